The van der Waals surface area contributed by atoms with E-state index < -0.39 is 6.10 Å². The fraction of sp³-hybridized carbons (Fsp3) is 0.438. The summed E-state index contributed by atoms with van der Waals surface area (Å²) in [4.78, 5) is 11.8. The minimum Gasteiger partial charge on any atom is -0.497 e. The molecule has 0 saturated heterocycles. The molecule has 1 rings (SSSR count). The molecule has 0 aliphatic carbocycles. The van der Waals surface area contributed by atoms with Gasteiger partial charge < -0.3 is 15.2 Å². The van der Waals surface area contributed by atoms with Crippen LogP contribution in [0.4, 0.5) is 0 Å². The Kier molecular flexibility index (Phi) is 6.81. The Morgan fingerprint density at radius 2 is 2.25 bits per heavy atom. The van der Waals surface area contributed by atoms with Crippen LogP contribution in [0, 0.1) is 0 Å². The molecule has 0 fully saturated rings. The average Bonchev–Trinajstić information content (AvgIpc) is 2.45. The van der Waals surface area contributed by atoms with Gasteiger partial charge in [0.1, 0.15) is 5.75 Å². The first kappa shape index (κ1) is 16.2. The van der Waals surface area contributed by atoms with Crippen molar-refractivity contribution in [2.75, 3.05) is 13.7 Å². The number of aliphatic hydroxyl groups excluding tert-OH is 1. The number of hydrogen-bond acceptors (Lipinski definition) is 3. The van der Waals surface area contributed by atoms with Crippen LogP contribution in [0.3, 0.4) is 0 Å². The van der Waals surface area contributed by atoms with Crippen molar-refractivity contribution in [3.8, 4) is 5.75 Å². The molecule has 0 saturated carbocycles. The third-order valence-electron chi connectivity index (χ3n) is 3.01. The molecule has 1 unspecified atom stereocenters. The third kappa shape index (κ3) is 5.45. The van der Waals surface area contributed by atoms with Gasteiger partial charge in [-0.2, -0.15) is 0 Å². The topological polar surface area (TPSA) is 58.6 Å². The maximum Gasteiger partial charge on any atom is 0.244 e. The summed E-state index contributed by atoms with van der Waals surface area (Å²) in [6, 6.07) is 7.55. The van der Waals surface area contributed by atoms with Crippen molar-refractivity contribution in [1.82, 2.24) is 5.32 Å². The Morgan fingerprint density at radius 1 is 1.50 bits per heavy atom. The monoisotopic (exact) mass is 277 g/mol. The number of carbonyl (C=O) groups is 1. The molecule has 1 amide bonds. The molecule has 20 heavy (non-hydrogen) atoms. The molecule has 1 atom stereocenters. The standard InChI is InChI=1S/C16H23NO3/c1-4-6-14(18)11-17-16(19)9-12(2)13-7-5-8-15(10-13)20-3/h5,7-10,14,18H,4,6,11H2,1-3H3,(H,17,19)/b12-9-. The number of carbonyl (C=O) groups excluding carboxylic acids is 1. The van der Waals surface area contributed by atoms with Gasteiger partial charge in [-0.3, -0.25) is 4.79 Å². The van der Waals surface area contributed by atoms with E-state index in [-0.39, 0.29) is 12.5 Å². The lowest BCUT2D eigenvalue weighted by atomic mass is 10.1. The highest BCUT2D eigenvalue weighted by molar-refractivity contribution is 5.94. The van der Waals surface area contributed by atoms with Crippen molar-refractivity contribution in [3.63, 3.8) is 0 Å². The van der Waals surface area contributed by atoms with E-state index in [0.29, 0.717) is 6.42 Å². The molecular weight excluding hydrogens is 254 g/mol. The maximum absolute atomic E-state index is 11.8. The van der Waals surface area contributed by atoms with Gasteiger partial charge in [-0.25, -0.2) is 0 Å². The molecule has 1 aromatic carbocycles. The summed E-state index contributed by atoms with van der Waals surface area (Å²) in [6.45, 7) is 4.16. The van der Waals surface area contributed by atoms with Crippen LogP contribution in [-0.4, -0.2) is 30.8 Å². The minimum absolute atomic E-state index is 0.194. The fourth-order valence-corrected chi connectivity index (χ4v) is 1.85. The lowest BCUT2D eigenvalue weighted by Crippen LogP contribution is -2.30. The number of amides is 1. The van der Waals surface area contributed by atoms with E-state index in [1.165, 1.54) is 6.08 Å². The van der Waals surface area contributed by atoms with E-state index in [1.807, 2.05) is 38.1 Å². The van der Waals surface area contributed by atoms with Gasteiger partial charge in [-0.15, -0.1) is 0 Å². The van der Waals surface area contributed by atoms with E-state index in [9.17, 15) is 9.90 Å². The zero-order chi connectivity index (χ0) is 15.0. The van der Waals surface area contributed by atoms with Gasteiger partial charge >= 0.3 is 0 Å². The zero-order valence-electron chi connectivity index (χ0n) is 12.3. The van der Waals surface area contributed by atoms with Crippen molar-refractivity contribution in [3.05, 3.63) is 35.9 Å². The largest absolute Gasteiger partial charge is 0.497 e. The van der Waals surface area contributed by atoms with Gasteiger partial charge in [0.15, 0.2) is 0 Å². The zero-order valence-corrected chi connectivity index (χ0v) is 12.3. The number of methoxy groups -OCH3 is 1. The molecular formula is C16H23NO3. The van der Waals surface area contributed by atoms with Crippen molar-refractivity contribution < 1.29 is 14.6 Å². The highest BCUT2D eigenvalue weighted by Crippen LogP contribution is 2.19. The van der Waals surface area contributed by atoms with Gasteiger partial charge in [0.2, 0.25) is 5.91 Å². The summed E-state index contributed by atoms with van der Waals surface area (Å²) >= 11 is 0. The van der Waals surface area contributed by atoms with Gasteiger partial charge in [-0.1, -0.05) is 25.5 Å². The summed E-state index contributed by atoms with van der Waals surface area (Å²) in [5.74, 6) is 0.564. The number of ether oxygens (including phenoxy) is 1. The van der Waals surface area contributed by atoms with Crippen LogP contribution >= 0.6 is 0 Å². The molecule has 0 heterocycles. The lowest BCUT2D eigenvalue weighted by molar-refractivity contribution is -0.116. The van der Waals surface area contributed by atoms with Crippen LogP contribution in [0.15, 0.2) is 30.3 Å². The second-order valence-corrected chi connectivity index (χ2v) is 4.75. The summed E-state index contributed by atoms with van der Waals surface area (Å²) in [7, 11) is 1.61. The van der Waals surface area contributed by atoms with E-state index in [4.69, 9.17) is 4.74 Å². The Bertz CT molecular complexity index is 469. The van der Waals surface area contributed by atoms with Crippen LogP contribution in [0.1, 0.15) is 32.3 Å². The van der Waals surface area contributed by atoms with Crippen LogP contribution < -0.4 is 10.1 Å². The third-order valence-corrected chi connectivity index (χ3v) is 3.01. The first-order valence-corrected chi connectivity index (χ1v) is 6.85. The van der Waals surface area contributed by atoms with Crippen molar-refractivity contribution >= 4 is 11.5 Å². The highest BCUT2D eigenvalue weighted by Gasteiger charge is 2.05. The molecule has 4 heteroatoms. The Balaban J connectivity index is 2.61. The number of allylic oxidation sites excluding steroid dienone is 1. The number of benzene rings is 1. The average molecular weight is 277 g/mol. The van der Waals surface area contributed by atoms with Crippen molar-refractivity contribution in [1.29, 1.82) is 0 Å². The highest BCUT2D eigenvalue weighted by atomic mass is 16.5. The summed E-state index contributed by atoms with van der Waals surface area (Å²) in [6.07, 6.45) is 2.65. The molecule has 1 aromatic rings. The Morgan fingerprint density at radius 3 is 2.90 bits per heavy atom. The predicted octanol–water partition coefficient (Wildman–Crippen LogP) is 2.38. The number of rotatable bonds is 7. The lowest BCUT2D eigenvalue weighted by Gasteiger charge is -2.10. The Hall–Kier alpha value is -1.81. The molecule has 0 aromatic heterocycles. The maximum atomic E-state index is 11.8. The fourth-order valence-electron chi connectivity index (χ4n) is 1.85. The second-order valence-electron chi connectivity index (χ2n) is 4.75. The number of hydrogen-bond donors (Lipinski definition) is 2. The molecule has 110 valence electrons. The normalized spacial score (nSPS) is 12.9. The molecule has 0 aliphatic rings. The number of nitrogens with one attached hydrogen (secondary N) is 1. The first-order chi connectivity index (χ1) is 9.56. The van der Waals surface area contributed by atoms with Crippen LogP contribution in [0.5, 0.6) is 5.75 Å². The van der Waals surface area contributed by atoms with Crippen molar-refractivity contribution in [2.24, 2.45) is 0 Å². The van der Waals surface area contributed by atoms with Gasteiger partial charge in [0.25, 0.3) is 0 Å². The van der Waals surface area contributed by atoms with Crippen LogP contribution in [0.25, 0.3) is 5.57 Å². The molecule has 2 N–H and O–H groups in total. The summed E-state index contributed by atoms with van der Waals surface area (Å²) in [5, 5.41) is 12.3. The summed E-state index contributed by atoms with van der Waals surface area (Å²) in [5.41, 5.74) is 1.79. The van der Waals surface area contributed by atoms with Gasteiger partial charge in [-0.05, 0) is 36.6 Å². The SMILES string of the molecule is CCCC(O)CNC(=O)/C=C(/C)c1cccc(OC)c1. The minimum atomic E-state index is -0.477. The van der Waals surface area contributed by atoms with Gasteiger partial charge in [0, 0.05) is 12.6 Å². The van der Waals surface area contributed by atoms with E-state index >= 15 is 0 Å². The van der Waals surface area contributed by atoms with Crippen LogP contribution in [0.2, 0.25) is 0 Å². The molecule has 0 spiro atoms. The first-order valence-electron chi connectivity index (χ1n) is 6.85. The van der Waals surface area contributed by atoms with Gasteiger partial charge in [0.05, 0.1) is 13.2 Å². The Labute approximate surface area is 120 Å². The van der Waals surface area contributed by atoms with E-state index in [1.54, 1.807) is 7.11 Å². The molecule has 0 aliphatic heterocycles. The smallest absolute Gasteiger partial charge is 0.244 e. The molecule has 4 nitrogen and oxygen atoms in total. The quantitative estimate of drug-likeness (QED) is 0.752. The van der Waals surface area contributed by atoms with E-state index in [2.05, 4.69) is 5.32 Å². The second kappa shape index (κ2) is 8.38. The van der Waals surface area contributed by atoms with Crippen LogP contribution in [-0.2, 0) is 4.79 Å². The summed E-state index contributed by atoms with van der Waals surface area (Å²) < 4.78 is 5.16. The number of aliphatic hydroxyl groups is 1. The molecule has 0 radical (unpaired) electrons. The van der Waals surface area contributed by atoms with E-state index in [0.717, 1.165) is 23.3 Å². The molecule has 0 bridgehead atoms. The predicted molar refractivity (Wildman–Crippen MR) is 80.6 cm³/mol. The van der Waals surface area contributed by atoms with Crippen molar-refractivity contribution in [2.45, 2.75) is 32.8 Å².